The van der Waals surface area contributed by atoms with E-state index in [1.54, 1.807) is 18.6 Å². The average Bonchev–Trinajstić information content (AvgIpc) is 3.23. The van der Waals surface area contributed by atoms with E-state index >= 15 is 0 Å². The predicted octanol–water partition coefficient (Wildman–Crippen LogP) is 3.46. The summed E-state index contributed by atoms with van der Waals surface area (Å²) in [4.78, 5) is 13.4. The van der Waals surface area contributed by atoms with Gasteiger partial charge in [0.15, 0.2) is 5.96 Å². The Morgan fingerprint density at radius 3 is 2.89 bits per heavy atom. The first-order chi connectivity index (χ1) is 13.8. The van der Waals surface area contributed by atoms with Crippen molar-refractivity contribution in [1.82, 2.24) is 20.6 Å². The summed E-state index contributed by atoms with van der Waals surface area (Å²) in [7, 11) is 0. The van der Waals surface area contributed by atoms with Crippen LogP contribution in [0.15, 0.2) is 65.7 Å². The largest absolute Gasteiger partial charge is 0.339 e. The van der Waals surface area contributed by atoms with Crippen LogP contribution in [0.5, 0.6) is 0 Å². The van der Waals surface area contributed by atoms with Crippen molar-refractivity contribution in [2.24, 2.45) is 4.99 Å². The Morgan fingerprint density at radius 2 is 2.11 bits per heavy atom. The van der Waals surface area contributed by atoms with Gasteiger partial charge >= 0.3 is 0 Å². The SMILES string of the molecule is N#C/C(=C1/C=CNC(=NC2CCCC2)N1)c1cccc(Nc2cccnc2)n1. The van der Waals surface area contributed by atoms with Crippen LogP contribution in [0.3, 0.4) is 0 Å². The van der Waals surface area contributed by atoms with Crippen LogP contribution in [0.1, 0.15) is 31.4 Å². The van der Waals surface area contributed by atoms with Crippen molar-refractivity contribution in [2.75, 3.05) is 5.32 Å². The molecule has 2 aromatic rings. The van der Waals surface area contributed by atoms with Crippen LogP contribution in [-0.2, 0) is 0 Å². The van der Waals surface area contributed by atoms with Gasteiger partial charge in [-0.05, 0) is 43.2 Å². The standard InChI is InChI=1S/C21H21N7/c22-13-17(19-10-12-24-21(28-19)26-15-5-1-2-6-15)18-8-3-9-20(27-18)25-16-7-4-11-23-14-16/h3-4,7-12,14-15H,1-2,5-6H2,(H,25,27)(H2,24,26,28)/b19-17+. The predicted molar refractivity (Wildman–Crippen MR) is 109 cm³/mol. The molecule has 0 spiro atoms. The number of guanidine groups is 1. The van der Waals surface area contributed by atoms with Gasteiger partial charge in [0, 0.05) is 12.4 Å². The van der Waals surface area contributed by atoms with Gasteiger partial charge in [0.2, 0.25) is 0 Å². The molecule has 1 aliphatic heterocycles. The number of aliphatic imine (C=N–C) groups is 1. The fourth-order valence-corrected chi connectivity index (χ4v) is 3.32. The summed E-state index contributed by atoms with van der Waals surface area (Å²) >= 11 is 0. The summed E-state index contributed by atoms with van der Waals surface area (Å²) in [6.45, 7) is 0. The highest BCUT2D eigenvalue weighted by Crippen LogP contribution is 2.22. The van der Waals surface area contributed by atoms with Gasteiger partial charge in [-0.15, -0.1) is 0 Å². The van der Waals surface area contributed by atoms with E-state index < -0.39 is 0 Å². The maximum atomic E-state index is 9.77. The van der Waals surface area contributed by atoms with Crippen LogP contribution in [0.25, 0.3) is 5.57 Å². The maximum absolute atomic E-state index is 9.77. The van der Waals surface area contributed by atoms with E-state index in [-0.39, 0.29) is 0 Å². The molecule has 0 atom stereocenters. The Labute approximate surface area is 163 Å². The Hall–Kier alpha value is -3.66. The zero-order chi connectivity index (χ0) is 19.2. The molecule has 0 amide bonds. The Morgan fingerprint density at radius 1 is 1.21 bits per heavy atom. The lowest BCUT2D eigenvalue weighted by atomic mass is 10.1. The number of allylic oxidation sites excluding steroid dienone is 2. The van der Waals surface area contributed by atoms with E-state index in [1.165, 1.54) is 12.8 Å². The first-order valence-electron chi connectivity index (χ1n) is 9.38. The third kappa shape index (κ3) is 4.18. The monoisotopic (exact) mass is 371 g/mol. The van der Waals surface area contributed by atoms with Crippen molar-refractivity contribution in [3.8, 4) is 6.07 Å². The van der Waals surface area contributed by atoms with Crippen LogP contribution in [0.2, 0.25) is 0 Å². The fourth-order valence-electron chi connectivity index (χ4n) is 3.32. The number of nitriles is 1. The maximum Gasteiger partial charge on any atom is 0.200 e. The summed E-state index contributed by atoms with van der Waals surface area (Å²) in [6, 6.07) is 11.9. The Kier molecular flexibility index (Phi) is 5.29. The molecule has 0 aromatic carbocycles. The van der Waals surface area contributed by atoms with Crippen molar-refractivity contribution >= 4 is 23.0 Å². The van der Waals surface area contributed by atoms with Gasteiger partial charge in [-0.3, -0.25) is 4.98 Å². The molecule has 0 unspecified atom stereocenters. The first-order valence-corrected chi connectivity index (χ1v) is 9.38. The Balaban J connectivity index is 1.59. The summed E-state index contributed by atoms with van der Waals surface area (Å²) < 4.78 is 0. The number of rotatable bonds is 4. The van der Waals surface area contributed by atoms with Crippen LogP contribution in [0, 0.1) is 11.3 Å². The molecule has 4 rings (SSSR count). The lowest BCUT2D eigenvalue weighted by molar-refractivity contribution is 0.696. The highest BCUT2D eigenvalue weighted by molar-refractivity contribution is 5.90. The molecule has 2 aliphatic rings. The number of aromatic nitrogens is 2. The molecule has 1 saturated carbocycles. The minimum Gasteiger partial charge on any atom is -0.339 e. The number of pyridine rings is 2. The summed E-state index contributed by atoms with van der Waals surface area (Å²) in [5.41, 5.74) is 2.57. The van der Waals surface area contributed by atoms with Crippen molar-refractivity contribution in [2.45, 2.75) is 31.7 Å². The van der Waals surface area contributed by atoms with E-state index in [4.69, 9.17) is 4.99 Å². The third-order valence-electron chi connectivity index (χ3n) is 4.68. The van der Waals surface area contributed by atoms with Gasteiger partial charge in [0.05, 0.1) is 29.3 Å². The number of nitrogens with zero attached hydrogens (tertiary/aromatic N) is 4. The molecule has 0 radical (unpaired) electrons. The summed E-state index contributed by atoms with van der Waals surface area (Å²) in [5, 5.41) is 19.3. The highest BCUT2D eigenvalue weighted by Gasteiger charge is 2.18. The normalized spacial score (nSPS) is 19.6. The lowest BCUT2D eigenvalue weighted by Crippen LogP contribution is -2.38. The molecule has 7 heteroatoms. The van der Waals surface area contributed by atoms with Crippen LogP contribution < -0.4 is 16.0 Å². The summed E-state index contributed by atoms with van der Waals surface area (Å²) in [5.74, 6) is 1.33. The van der Waals surface area contributed by atoms with E-state index in [9.17, 15) is 5.26 Å². The zero-order valence-electron chi connectivity index (χ0n) is 15.4. The second kappa shape index (κ2) is 8.35. The van der Waals surface area contributed by atoms with Crippen molar-refractivity contribution in [1.29, 1.82) is 5.26 Å². The van der Waals surface area contributed by atoms with Gasteiger partial charge < -0.3 is 16.0 Å². The van der Waals surface area contributed by atoms with E-state index in [0.29, 0.717) is 34.8 Å². The van der Waals surface area contributed by atoms with Gasteiger partial charge in [-0.1, -0.05) is 18.9 Å². The molecule has 0 saturated heterocycles. The molecular weight excluding hydrogens is 350 g/mol. The zero-order valence-corrected chi connectivity index (χ0v) is 15.4. The van der Waals surface area contributed by atoms with Gasteiger partial charge in [-0.2, -0.15) is 5.26 Å². The number of hydrogen-bond donors (Lipinski definition) is 3. The Bertz CT molecular complexity index is 964. The van der Waals surface area contributed by atoms with Crippen LogP contribution >= 0.6 is 0 Å². The van der Waals surface area contributed by atoms with E-state index in [0.717, 1.165) is 18.5 Å². The molecular formula is C21H21N7. The van der Waals surface area contributed by atoms with Gasteiger partial charge in [-0.25, -0.2) is 9.98 Å². The van der Waals surface area contributed by atoms with Crippen molar-refractivity contribution < 1.29 is 0 Å². The van der Waals surface area contributed by atoms with E-state index in [2.05, 4.69) is 32.0 Å². The molecule has 7 nitrogen and oxygen atoms in total. The average molecular weight is 371 g/mol. The van der Waals surface area contributed by atoms with Crippen LogP contribution in [0.4, 0.5) is 11.5 Å². The molecule has 3 heterocycles. The molecule has 140 valence electrons. The fraction of sp³-hybridized carbons (Fsp3) is 0.238. The summed E-state index contributed by atoms with van der Waals surface area (Å²) in [6.07, 6.45) is 11.8. The van der Waals surface area contributed by atoms with Crippen molar-refractivity contribution in [3.63, 3.8) is 0 Å². The molecule has 2 aromatic heterocycles. The molecule has 1 fully saturated rings. The molecule has 28 heavy (non-hydrogen) atoms. The minimum atomic E-state index is 0.346. The molecule has 3 N–H and O–H groups in total. The van der Waals surface area contributed by atoms with Crippen molar-refractivity contribution in [3.05, 3.63) is 66.4 Å². The second-order valence-corrected chi connectivity index (χ2v) is 6.69. The van der Waals surface area contributed by atoms with Gasteiger partial charge in [0.1, 0.15) is 17.5 Å². The third-order valence-corrected chi connectivity index (χ3v) is 4.68. The van der Waals surface area contributed by atoms with Gasteiger partial charge in [0.25, 0.3) is 0 Å². The smallest absolute Gasteiger partial charge is 0.200 e. The minimum absolute atomic E-state index is 0.346. The molecule has 1 aliphatic carbocycles. The number of nitrogens with one attached hydrogen (secondary N) is 3. The lowest BCUT2D eigenvalue weighted by Gasteiger charge is -2.18. The topological polar surface area (TPSA) is 98.0 Å². The first kappa shape index (κ1) is 17.7. The highest BCUT2D eigenvalue weighted by atomic mass is 15.2. The van der Waals surface area contributed by atoms with Crippen LogP contribution in [-0.4, -0.2) is 22.0 Å². The quantitative estimate of drug-likeness (QED) is 0.712. The number of anilines is 2. The molecule has 0 bridgehead atoms. The van der Waals surface area contributed by atoms with E-state index in [1.807, 2.05) is 36.4 Å². The second-order valence-electron chi connectivity index (χ2n) is 6.69. The number of hydrogen-bond acceptors (Lipinski definition) is 5.